The molecule has 0 heterocycles. The smallest absolute Gasteiger partial charge is 0.243 e. The fourth-order valence-electron chi connectivity index (χ4n) is 0.766. The number of hydrogen-bond acceptors (Lipinski definition) is 2. The van der Waals surface area contributed by atoms with Crippen LogP contribution < -0.4 is 11.1 Å². The van der Waals surface area contributed by atoms with Gasteiger partial charge in [-0.25, -0.2) is 0 Å². The van der Waals surface area contributed by atoms with Gasteiger partial charge in [0.1, 0.15) is 0 Å². The van der Waals surface area contributed by atoms with Crippen LogP contribution in [0, 0.1) is 5.92 Å². The van der Waals surface area contributed by atoms with E-state index in [1.807, 2.05) is 6.08 Å². The van der Waals surface area contributed by atoms with Crippen molar-refractivity contribution in [2.24, 2.45) is 11.7 Å². The van der Waals surface area contributed by atoms with Crippen LogP contribution in [0.3, 0.4) is 0 Å². The fraction of sp³-hybridized carbons (Fsp3) is 0.625. The molecule has 11 heavy (non-hydrogen) atoms. The second kappa shape index (κ2) is 4.13. The van der Waals surface area contributed by atoms with Gasteiger partial charge in [0.05, 0.1) is 0 Å². The third-order valence-electron chi connectivity index (χ3n) is 1.59. The van der Waals surface area contributed by atoms with Crippen LogP contribution in [-0.4, -0.2) is 19.0 Å². The van der Waals surface area contributed by atoms with E-state index in [0.717, 1.165) is 0 Å². The van der Waals surface area contributed by atoms with Gasteiger partial charge < -0.3 is 11.1 Å². The van der Waals surface area contributed by atoms with Crippen LogP contribution in [0.2, 0.25) is 0 Å². The summed E-state index contributed by atoms with van der Waals surface area (Å²) in [6.07, 6.45) is 6.04. The Labute approximate surface area is 66.6 Å². The van der Waals surface area contributed by atoms with Crippen molar-refractivity contribution in [2.75, 3.05) is 13.1 Å². The van der Waals surface area contributed by atoms with Crippen LogP contribution in [0.15, 0.2) is 12.2 Å². The Kier molecular flexibility index (Phi) is 3.11. The SMILES string of the molecule is NCCNC(=O)/C=C/C1CC1. The van der Waals surface area contributed by atoms with E-state index in [4.69, 9.17) is 5.73 Å². The van der Waals surface area contributed by atoms with Gasteiger partial charge in [-0.3, -0.25) is 4.79 Å². The first-order chi connectivity index (χ1) is 5.33. The Balaban J connectivity index is 2.08. The molecule has 0 spiro atoms. The number of carbonyl (C=O) groups is 1. The predicted molar refractivity (Wildman–Crippen MR) is 43.9 cm³/mol. The van der Waals surface area contributed by atoms with Gasteiger partial charge in [-0.2, -0.15) is 0 Å². The van der Waals surface area contributed by atoms with Crippen molar-refractivity contribution in [2.45, 2.75) is 12.8 Å². The monoisotopic (exact) mass is 154 g/mol. The highest BCUT2D eigenvalue weighted by Crippen LogP contribution is 2.29. The third-order valence-corrected chi connectivity index (χ3v) is 1.59. The van der Waals surface area contributed by atoms with Gasteiger partial charge in [0.25, 0.3) is 0 Å². The lowest BCUT2D eigenvalue weighted by molar-refractivity contribution is -0.116. The molecule has 0 radical (unpaired) electrons. The number of rotatable bonds is 4. The van der Waals surface area contributed by atoms with E-state index in [0.29, 0.717) is 19.0 Å². The summed E-state index contributed by atoms with van der Waals surface area (Å²) in [5, 5.41) is 2.66. The molecule has 1 saturated carbocycles. The Morgan fingerprint density at radius 3 is 2.91 bits per heavy atom. The lowest BCUT2D eigenvalue weighted by Crippen LogP contribution is -2.27. The summed E-state index contributed by atoms with van der Waals surface area (Å²) in [7, 11) is 0. The molecule has 1 rings (SSSR count). The topological polar surface area (TPSA) is 55.1 Å². The van der Waals surface area contributed by atoms with Crippen molar-refractivity contribution in [3.05, 3.63) is 12.2 Å². The van der Waals surface area contributed by atoms with Crippen LogP contribution in [0.4, 0.5) is 0 Å². The first kappa shape index (κ1) is 8.27. The van der Waals surface area contributed by atoms with Crippen molar-refractivity contribution < 1.29 is 4.79 Å². The molecule has 1 aliphatic rings. The maximum Gasteiger partial charge on any atom is 0.243 e. The minimum Gasteiger partial charge on any atom is -0.351 e. The molecule has 1 fully saturated rings. The minimum absolute atomic E-state index is 0.0256. The summed E-state index contributed by atoms with van der Waals surface area (Å²) in [6, 6.07) is 0. The van der Waals surface area contributed by atoms with Crippen LogP contribution in [0.5, 0.6) is 0 Å². The average Bonchev–Trinajstić information content (AvgIpc) is 2.80. The van der Waals surface area contributed by atoms with E-state index in [9.17, 15) is 4.79 Å². The van der Waals surface area contributed by atoms with E-state index in [1.165, 1.54) is 12.8 Å². The van der Waals surface area contributed by atoms with E-state index >= 15 is 0 Å². The Bertz CT molecular complexity index is 161. The zero-order valence-electron chi connectivity index (χ0n) is 6.55. The van der Waals surface area contributed by atoms with Gasteiger partial charge in [-0.15, -0.1) is 0 Å². The van der Waals surface area contributed by atoms with Gasteiger partial charge in [0.15, 0.2) is 0 Å². The minimum atomic E-state index is -0.0256. The Hall–Kier alpha value is -0.830. The second-order valence-corrected chi connectivity index (χ2v) is 2.78. The lowest BCUT2D eigenvalue weighted by Gasteiger charge is -1.96. The largest absolute Gasteiger partial charge is 0.351 e. The van der Waals surface area contributed by atoms with E-state index < -0.39 is 0 Å². The van der Waals surface area contributed by atoms with Gasteiger partial charge in [-0.05, 0) is 24.8 Å². The molecule has 0 aromatic heterocycles. The van der Waals surface area contributed by atoms with E-state index in [2.05, 4.69) is 5.32 Å². The molecule has 1 amide bonds. The molecular formula is C8H14N2O. The van der Waals surface area contributed by atoms with Gasteiger partial charge in [0.2, 0.25) is 5.91 Å². The van der Waals surface area contributed by atoms with Crippen LogP contribution in [0.1, 0.15) is 12.8 Å². The van der Waals surface area contributed by atoms with Gasteiger partial charge >= 0.3 is 0 Å². The molecule has 3 nitrogen and oxygen atoms in total. The summed E-state index contributed by atoms with van der Waals surface area (Å²) in [6.45, 7) is 1.07. The maximum absolute atomic E-state index is 10.9. The van der Waals surface area contributed by atoms with Crippen LogP contribution in [0.25, 0.3) is 0 Å². The van der Waals surface area contributed by atoms with Crippen LogP contribution in [-0.2, 0) is 4.79 Å². The number of carbonyl (C=O) groups excluding carboxylic acids is 1. The maximum atomic E-state index is 10.9. The molecule has 0 saturated heterocycles. The fourth-order valence-corrected chi connectivity index (χ4v) is 0.766. The van der Waals surface area contributed by atoms with Crippen molar-refractivity contribution in [1.82, 2.24) is 5.32 Å². The summed E-state index contributed by atoms with van der Waals surface area (Å²) in [5.74, 6) is 0.640. The molecule has 0 aromatic rings. The standard InChI is InChI=1S/C8H14N2O/c9-5-6-10-8(11)4-3-7-1-2-7/h3-4,7H,1-2,5-6,9H2,(H,10,11)/b4-3+. The number of nitrogens with one attached hydrogen (secondary N) is 1. The highest BCUT2D eigenvalue weighted by Gasteiger charge is 2.17. The van der Waals surface area contributed by atoms with Crippen molar-refractivity contribution in [3.63, 3.8) is 0 Å². The Morgan fingerprint density at radius 1 is 1.64 bits per heavy atom. The first-order valence-corrected chi connectivity index (χ1v) is 3.99. The highest BCUT2D eigenvalue weighted by molar-refractivity contribution is 5.87. The van der Waals surface area contributed by atoms with Gasteiger partial charge in [0, 0.05) is 13.1 Å². The van der Waals surface area contributed by atoms with Crippen molar-refractivity contribution in [3.8, 4) is 0 Å². The zero-order valence-corrected chi connectivity index (χ0v) is 6.55. The molecule has 0 atom stereocenters. The van der Waals surface area contributed by atoms with E-state index in [1.54, 1.807) is 6.08 Å². The van der Waals surface area contributed by atoms with Crippen molar-refractivity contribution in [1.29, 1.82) is 0 Å². The lowest BCUT2D eigenvalue weighted by atomic mass is 10.3. The molecular weight excluding hydrogens is 140 g/mol. The molecule has 0 aliphatic heterocycles. The third kappa shape index (κ3) is 3.78. The molecule has 1 aliphatic carbocycles. The number of allylic oxidation sites excluding steroid dienone is 1. The predicted octanol–water partition coefficient (Wildman–Crippen LogP) is 0.0275. The molecule has 3 heteroatoms. The number of amides is 1. The molecule has 3 N–H and O–H groups in total. The van der Waals surface area contributed by atoms with Gasteiger partial charge in [-0.1, -0.05) is 6.08 Å². The molecule has 0 unspecified atom stereocenters. The molecule has 0 bridgehead atoms. The summed E-state index contributed by atoms with van der Waals surface area (Å²) in [4.78, 5) is 10.9. The first-order valence-electron chi connectivity index (χ1n) is 3.99. The summed E-state index contributed by atoms with van der Waals surface area (Å²) >= 11 is 0. The van der Waals surface area contributed by atoms with E-state index in [-0.39, 0.29) is 5.91 Å². The number of hydrogen-bond donors (Lipinski definition) is 2. The number of nitrogens with two attached hydrogens (primary N) is 1. The average molecular weight is 154 g/mol. The second-order valence-electron chi connectivity index (χ2n) is 2.78. The van der Waals surface area contributed by atoms with Crippen molar-refractivity contribution >= 4 is 5.91 Å². The summed E-state index contributed by atoms with van der Waals surface area (Å²) < 4.78 is 0. The quantitative estimate of drug-likeness (QED) is 0.561. The summed E-state index contributed by atoms with van der Waals surface area (Å²) in [5.41, 5.74) is 5.21. The normalized spacial score (nSPS) is 17.2. The van der Waals surface area contributed by atoms with Crippen LogP contribution >= 0.6 is 0 Å². The zero-order chi connectivity index (χ0) is 8.10. The Morgan fingerprint density at radius 2 is 2.36 bits per heavy atom. The molecule has 0 aromatic carbocycles. The molecule has 62 valence electrons. The highest BCUT2D eigenvalue weighted by atomic mass is 16.1.